The molecule has 1 aromatic heterocycles. The highest BCUT2D eigenvalue weighted by atomic mass is 35.5. The summed E-state index contributed by atoms with van der Waals surface area (Å²) in [5.41, 5.74) is 0.750. The Morgan fingerprint density at radius 1 is 1.33 bits per heavy atom. The number of nitrogens with one attached hydrogen (secondary N) is 3. The van der Waals surface area contributed by atoms with Gasteiger partial charge in [0.05, 0.1) is 24.8 Å². The minimum Gasteiger partial charge on any atom is -0.353 e. The van der Waals surface area contributed by atoms with Crippen LogP contribution >= 0.6 is 12.4 Å². The third kappa shape index (κ3) is 6.17. The Labute approximate surface area is 166 Å². The average molecular weight is 399 g/mol. The number of halogens is 1. The Hall–Kier alpha value is -1.67. The van der Waals surface area contributed by atoms with Crippen molar-refractivity contribution in [2.75, 3.05) is 6.54 Å². The van der Waals surface area contributed by atoms with Crippen molar-refractivity contribution < 1.29 is 9.59 Å². The van der Waals surface area contributed by atoms with Gasteiger partial charge in [0.2, 0.25) is 11.8 Å². The zero-order valence-corrected chi connectivity index (χ0v) is 16.9. The standard InChI is InChI=1S/C18H30N6O2.ClH/c1-12(2)21-18(26)16-8-15(10-19-16)24-11-14(22-23-24)9-20-17(25)7-13-5-3-4-6-13;/h11-13,15-16,19H,3-10H2,1-2H3,(H,20,25)(H,21,26);1H/t15-,16+;/m1./s1. The molecule has 1 aliphatic carbocycles. The van der Waals surface area contributed by atoms with Crippen LogP contribution in [-0.2, 0) is 16.1 Å². The van der Waals surface area contributed by atoms with E-state index >= 15 is 0 Å². The molecular formula is C18H31ClN6O2. The zero-order valence-electron chi connectivity index (χ0n) is 16.1. The van der Waals surface area contributed by atoms with Crippen molar-refractivity contribution in [2.45, 2.75) is 77.0 Å². The topological polar surface area (TPSA) is 101 Å². The molecule has 0 aromatic carbocycles. The molecule has 1 saturated carbocycles. The lowest BCUT2D eigenvalue weighted by molar-refractivity contribution is -0.123. The van der Waals surface area contributed by atoms with Crippen LogP contribution in [0.25, 0.3) is 0 Å². The first-order chi connectivity index (χ1) is 12.5. The molecule has 1 aromatic rings. The number of carbonyl (C=O) groups excluding carboxylic acids is 2. The lowest BCUT2D eigenvalue weighted by atomic mass is 10.0. The maximum Gasteiger partial charge on any atom is 0.237 e. The Bertz CT molecular complexity index is 629. The first-order valence-electron chi connectivity index (χ1n) is 9.72. The maximum absolute atomic E-state index is 12.1. The molecule has 2 amide bonds. The van der Waals surface area contributed by atoms with Gasteiger partial charge in [0, 0.05) is 19.0 Å². The van der Waals surface area contributed by atoms with Crippen molar-refractivity contribution in [1.29, 1.82) is 0 Å². The molecule has 3 N–H and O–H groups in total. The summed E-state index contributed by atoms with van der Waals surface area (Å²) in [6, 6.07) is 0.0451. The molecule has 0 radical (unpaired) electrons. The Morgan fingerprint density at radius 2 is 2.07 bits per heavy atom. The Kier molecular flexibility index (Phi) is 8.04. The van der Waals surface area contributed by atoms with Crippen LogP contribution in [0, 0.1) is 5.92 Å². The van der Waals surface area contributed by atoms with Crippen LogP contribution in [0.5, 0.6) is 0 Å². The van der Waals surface area contributed by atoms with E-state index in [-0.39, 0.29) is 42.3 Å². The van der Waals surface area contributed by atoms with Gasteiger partial charge in [0.1, 0.15) is 5.69 Å². The molecule has 0 bridgehead atoms. The number of hydrogen-bond acceptors (Lipinski definition) is 5. The lowest BCUT2D eigenvalue weighted by Crippen LogP contribution is -2.43. The van der Waals surface area contributed by atoms with Crippen LogP contribution in [0.15, 0.2) is 6.20 Å². The van der Waals surface area contributed by atoms with Gasteiger partial charge in [-0.1, -0.05) is 18.1 Å². The third-order valence-electron chi connectivity index (χ3n) is 5.20. The Morgan fingerprint density at radius 3 is 2.78 bits per heavy atom. The van der Waals surface area contributed by atoms with Gasteiger partial charge in [-0.25, -0.2) is 4.68 Å². The second-order valence-corrected chi connectivity index (χ2v) is 7.83. The molecule has 152 valence electrons. The molecule has 2 aliphatic rings. The normalized spacial score (nSPS) is 22.6. The molecule has 9 heteroatoms. The molecule has 0 unspecified atom stereocenters. The first-order valence-corrected chi connectivity index (χ1v) is 9.72. The van der Waals surface area contributed by atoms with E-state index in [0.29, 0.717) is 31.8 Å². The first kappa shape index (κ1) is 21.6. The highest BCUT2D eigenvalue weighted by molar-refractivity contribution is 5.85. The van der Waals surface area contributed by atoms with E-state index in [2.05, 4.69) is 26.3 Å². The lowest BCUT2D eigenvalue weighted by Gasteiger charge is -2.13. The molecule has 0 spiro atoms. The summed E-state index contributed by atoms with van der Waals surface area (Å²) in [6.45, 7) is 5.00. The van der Waals surface area contributed by atoms with E-state index in [1.54, 1.807) is 4.68 Å². The van der Waals surface area contributed by atoms with Gasteiger partial charge in [-0.3, -0.25) is 9.59 Å². The van der Waals surface area contributed by atoms with Crippen molar-refractivity contribution in [2.24, 2.45) is 5.92 Å². The largest absolute Gasteiger partial charge is 0.353 e. The minimum atomic E-state index is -0.193. The highest BCUT2D eigenvalue weighted by Gasteiger charge is 2.31. The van der Waals surface area contributed by atoms with Crippen LogP contribution < -0.4 is 16.0 Å². The number of hydrogen-bond donors (Lipinski definition) is 3. The number of rotatable bonds is 7. The van der Waals surface area contributed by atoms with Crippen LogP contribution in [0.1, 0.15) is 64.1 Å². The van der Waals surface area contributed by atoms with E-state index in [1.165, 1.54) is 25.7 Å². The van der Waals surface area contributed by atoms with Gasteiger partial charge in [0.15, 0.2) is 0 Å². The molecule has 2 fully saturated rings. The minimum absolute atomic E-state index is 0. The van der Waals surface area contributed by atoms with E-state index in [0.717, 1.165) is 5.69 Å². The fourth-order valence-electron chi connectivity index (χ4n) is 3.81. The van der Waals surface area contributed by atoms with Crippen molar-refractivity contribution in [3.05, 3.63) is 11.9 Å². The number of carbonyl (C=O) groups is 2. The van der Waals surface area contributed by atoms with Crippen LogP contribution in [-0.4, -0.2) is 45.4 Å². The van der Waals surface area contributed by atoms with E-state index < -0.39 is 0 Å². The van der Waals surface area contributed by atoms with Crippen LogP contribution in [0.4, 0.5) is 0 Å². The summed E-state index contributed by atoms with van der Waals surface area (Å²) in [5, 5.41) is 17.4. The molecule has 3 rings (SSSR count). The summed E-state index contributed by atoms with van der Waals surface area (Å²) in [6.07, 6.45) is 8.01. The smallest absolute Gasteiger partial charge is 0.237 e. The van der Waals surface area contributed by atoms with Crippen molar-refractivity contribution in [1.82, 2.24) is 30.9 Å². The monoisotopic (exact) mass is 398 g/mol. The van der Waals surface area contributed by atoms with Gasteiger partial charge in [-0.15, -0.1) is 17.5 Å². The Balaban J connectivity index is 0.00000261. The summed E-state index contributed by atoms with van der Waals surface area (Å²) < 4.78 is 1.80. The maximum atomic E-state index is 12.1. The van der Waals surface area contributed by atoms with Gasteiger partial charge in [-0.2, -0.15) is 0 Å². The molecule has 2 atom stereocenters. The second-order valence-electron chi connectivity index (χ2n) is 7.83. The predicted octanol–water partition coefficient (Wildman–Crippen LogP) is 1.32. The van der Waals surface area contributed by atoms with E-state index in [4.69, 9.17) is 0 Å². The zero-order chi connectivity index (χ0) is 18.5. The highest BCUT2D eigenvalue weighted by Crippen LogP contribution is 2.27. The van der Waals surface area contributed by atoms with Crippen LogP contribution in [0.3, 0.4) is 0 Å². The van der Waals surface area contributed by atoms with Gasteiger partial charge in [-0.05, 0) is 39.0 Å². The average Bonchev–Trinajstić information content (AvgIpc) is 3.33. The number of aromatic nitrogens is 3. The molecule has 1 saturated heterocycles. The quantitative estimate of drug-likeness (QED) is 0.643. The number of amides is 2. The predicted molar refractivity (Wildman–Crippen MR) is 104 cm³/mol. The molecule has 27 heavy (non-hydrogen) atoms. The van der Waals surface area contributed by atoms with Gasteiger partial charge >= 0.3 is 0 Å². The molecule has 8 nitrogen and oxygen atoms in total. The number of nitrogens with zero attached hydrogens (tertiary/aromatic N) is 3. The van der Waals surface area contributed by atoms with Gasteiger partial charge in [0.25, 0.3) is 0 Å². The molecular weight excluding hydrogens is 368 g/mol. The molecule has 2 heterocycles. The summed E-state index contributed by atoms with van der Waals surface area (Å²) in [7, 11) is 0. The van der Waals surface area contributed by atoms with Crippen LogP contribution in [0.2, 0.25) is 0 Å². The second kappa shape index (κ2) is 10.0. The fraction of sp³-hybridized carbons (Fsp3) is 0.778. The summed E-state index contributed by atoms with van der Waals surface area (Å²) >= 11 is 0. The SMILES string of the molecule is CC(C)NC(=O)[C@@H]1C[C@@H](n2cc(CNC(=O)CC3CCCC3)nn2)CN1.Cl. The molecule has 1 aliphatic heterocycles. The van der Waals surface area contributed by atoms with Crippen molar-refractivity contribution >= 4 is 24.2 Å². The van der Waals surface area contributed by atoms with Gasteiger partial charge < -0.3 is 16.0 Å². The fourth-order valence-corrected chi connectivity index (χ4v) is 3.81. The summed E-state index contributed by atoms with van der Waals surface area (Å²) in [4.78, 5) is 24.1. The summed E-state index contributed by atoms with van der Waals surface area (Å²) in [5.74, 6) is 0.672. The van der Waals surface area contributed by atoms with Crippen molar-refractivity contribution in [3.8, 4) is 0 Å². The van der Waals surface area contributed by atoms with E-state index in [1.807, 2.05) is 20.0 Å². The third-order valence-corrected chi connectivity index (χ3v) is 5.20. The van der Waals surface area contributed by atoms with E-state index in [9.17, 15) is 9.59 Å². The van der Waals surface area contributed by atoms with Crippen molar-refractivity contribution in [3.63, 3.8) is 0 Å².